The Balaban J connectivity index is 1.90. The van der Waals surface area contributed by atoms with E-state index in [4.69, 9.17) is 5.73 Å². The van der Waals surface area contributed by atoms with E-state index in [1.807, 2.05) is 6.92 Å². The van der Waals surface area contributed by atoms with Crippen molar-refractivity contribution in [3.63, 3.8) is 0 Å². The molecule has 0 aliphatic carbocycles. The maximum atomic E-state index is 13.8. The number of rotatable bonds is 8. The normalized spacial score (nSPS) is 12.3. The van der Waals surface area contributed by atoms with Crippen LogP contribution in [0.2, 0.25) is 0 Å². The number of aromatic nitrogens is 5. The molecule has 4 aromatic rings. The zero-order valence-corrected chi connectivity index (χ0v) is 21.9. The number of anilines is 1. The smallest absolute Gasteiger partial charge is 0.312 e. The van der Waals surface area contributed by atoms with E-state index in [-0.39, 0.29) is 37.9 Å². The highest BCUT2D eigenvalue weighted by molar-refractivity contribution is 7.21. The van der Waals surface area contributed by atoms with Crippen molar-refractivity contribution in [2.75, 3.05) is 5.32 Å². The summed E-state index contributed by atoms with van der Waals surface area (Å²) in [4.78, 5) is 40.6. The lowest BCUT2D eigenvalue weighted by Gasteiger charge is -2.15. The molecule has 1 atom stereocenters. The molecule has 200 valence electrons. The third-order valence-corrected chi connectivity index (χ3v) is 7.38. The molecule has 0 aliphatic rings. The van der Waals surface area contributed by atoms with Gasteiger partial charge in [0.1, 0.15) is 32.8 Å². The lowest BCUT2D eigenvalue weighted by molar-refractivity contribution is -0.386. The molecule has 0 fully saturated rings. The van der Waals surface area contributed by atoms with Crippen LogP contribution in [0.15, 0.2) is 12.3 Å². The first-order valence-electron chi connectivity index (χ1n) is 11.5. The SMILES string of the molecule is CCn1ncc(-c2cc(C(F)F)nc3sc(C(N)=O)c(NC(=O)C(C)n4nc(C)c([N+](=O)[O-])c4C)c23)c1C. The number of carbonyl (C=O) groups is 2. The van der Waals surface area contributed by atoms with Crippen LogP contribution in [0, 0.1) is 30.9 Å². The Bertz CT molecular complexity index is 1610. The lowest BCUT2D eigenvalue weighted by atomic mass is 10.0. The van der Waals surface area contributed by atoms with Gasteiger partial charge in [0.25, 0.3) is 12.3 Å². The maximum absolute atomic E-state index is 13.8. The lowest BCUT2D eigenvalue weighted by Crippen LogP contribution is -2.26. The average molecular weight is 547 g/mol. The highest BCUT2D eigenvalue weighted by Crippen LogP contribution is 2.43. The monoisotopic (exact) mass is 546 g/mol. The van der Waals surface area contributed by atoms with Crippen LogP contribution in [-0.2, 0) is 11.3 Å². The maximum Gasteiger partial charge on any atom is 0.312 e. The molecule has 12 nitrogen and oxygen atoms in total. The molecule has 4 rings (SSSR count). The molecule has 0 bridgehead atoms. The first kappa shape index (κ1) is 26.8. The van der Waals surface area contributed by atoms with Crippen molar-refractivity contribution < 1.29 is 23.3 Å². The fraction of sp³-hybridized carbons (Fsp3) is 0.348. The average Bonchev–Trinajstić information content (AvgIpc) is 3.50. The first-order valence-corrected chi connectivity index (χ1v) is 12.3. The van der Waals surface area contributed by atoms with Gasteiger partial charge in [-0.25, -0.2) is 13.8 Å². The van der Waals surface area contributed by atoms with Gasteiger partial charge < -0.3 is 11.1 Å². The van der Waals surface area contributed by atoms with Gasteiger partial charge in [0.2, 0.25) is 5.91 Å². The summed E-state index contributed by atoms with van der Waals surface area (Å²) in [5.41, 5.74) is 6.72. The number of halogens is 2. The Morgan fingerprint density at radius 2 is 1.92 bits per heavy atom. The summed E-state index contributed by atoms with van der Waals surface area (Å²) in [6, 6.07) is 0.178. The van der Waals surface area contributed by atoms with Gasteiger partial charge in [-0.3, -0.25) is 29.1 Å². The minimum atomic E-state index is -2.89. The van der Waals surface area contributed by atoms with Gasteiger partial charge in [-0.1, -0.05) is 0 Å². The minimum Gasteiger partial charge on any atom is -0.365 e. The van der Waals surface area contributed by atoms with Crippen LogP contribution in [0.1, 0.15) is 58.8 Å². The van der Waals surface area contributed by atoms with Crippen LogP contribution in [0.3, 0.4) is 0 Å². The predicted octanol–water partition coefficient (Wildman–Crippen LogP) is 4.45. The molecule has 38 heavy (non-hydrogen) atoms. The van der Waals surface area contributed by atoms with Gasteiger partial charge in [0, 0.05) is 23.2 Å². The van der Waals surface area contributed by atoms with Crippen molar-refractivity contribution in [1.82, 2.24) is 24.5 Å². The Hall–Kier alpha value is -4.27. The van der Waals surface area contributed by atoms with Gasteiger partial charge in [0.15, 0.2) is 0 Å². The van der Waals surface area contributed by atoms with E-state index in [9.17, 15) is 28.5 Å². The van der Waals surface area contributed by atoms with Crippen LogP contribution < -0.4 is 11.1 Å². The number of carbonyl (C=O) groups excluding carboxylic acids is 2. The largest absolute Gasteiger partial charge is 0.365 e. The van der Waals surface area contributed by atoms with E-state index < -0.39 is 34.9 Å². The van der Waals surface area contributed by atoms with Crippen molar-refractivity contribution in [2.45, 2.75) is 53.6 Å². The number of alkyl halides is 2. The second-order valence-electron chi connectivity index (χ2n) is 8.59. The van der Waals surface area contributed by atoms with Gasteiger partial charge in [-0.05, 0) is 46.2 Å². The summed E-state index contributed by atoms with van der Waals surface area (Å²) >= 11 is 0.781. The molecule has 0 aromatic carbocycles. The second-order valence-corrected chi connectivity index (χ2v) is 9.59. The highest BCUT2D eigenvalue weighted by Gasteiger charge is 2.30. The first-order chi connectivity index (χ1) is 17.9. The van der Waals surface area contributed by atoms with E-state index in [1.54, 1.807) is 11.6 Å². The number of nitrogens with one attached hydrogen (secondary N) is 1. The van der Waals surface area contributed by atoms with Crippen LogP contribution in [-0.4, -0.2) is 41.3 Å². The predicted molar refractivity (Wildman–Crippen MR) is 136 cm³/mol. The number of hydrogen-bond donors (Lipinski definition) is 2. The van der Waals surface area contributed by atoms with Crippen LogP contribution >= 0.6 is 11.3 Å². The number of fused-ring (bicyclic) bond motifs is 1. The van der Waals surface area contributed by atoms with Crippen molar-refractivity contribution in [3.8, 4) is 11.1 Å². The second kappa shape index (κ2) is 9.89. The number of nitrogens with two attached hydrogens (primary N) is 1. The molecule has 0 aliphatic heterocycles. The van der Waals surface area contributed by atoms with Crippen LogP contribution in [0.4, 0.5) is 20.2 Å². The molecule has 0 saturated heterocycles. The summed E-state index contributed by atoms with van der Waals surface area (Å²) in [5.74, 6) is -1.54. The summed E-state index contributed by atoms with van der Waals surface area (Å²) in [6.07, 6.45) is -1.37. The number of thiophene rings is 1. The van der Waals surface area contributed by atoms with Crippen molar-refractivity contribution >= 4 is 44.7 Å². The molecule has 4 heterocycles. The van der Waals surface area contributed by atoms with Gasteiger partial charge >= 0.3 is 5.69 Å². The third kappa shape index (κ3) is 4.38. The number of hydrogen-bond acceptors (Lipinski definition) is 8. The number of nitrogens with zero attached hydrogens (tertiary/aromatic N) is 6. The van der Waals surface area contributed by atoms with Crippen molar-refractivity contribution in [3.05, 3.63) is 50.0 Å². The zero-order valence-electron chi connectivity index (χ0n) is 21.1. The van der Waals surface area contributed by atoms with Crippen molar-refractivity contribution in [1.29, 1.82) is 0 Å². The molecular formula is C23H24F2N8O4S. The van der Waals surface area contributed by atoms with Crippen molar-refractivity contribution in [2.24, 2.45) is 5.73 Å². The molecule has 0 radical (unpaired) electrons. The number of aryl methyl sites for hydroxylation is 2. The molecule has 1 unspecified atom stereocenters. The Kier molecular flexibility index (Phi) is 6.97. The summed E-state index contributed by atoms with van der Waals surface area (Å²) < 4.78 is 30.4. The van der Waals surface area contributed by atoms with Crippen LogP contribution in [0.5, 0.6) is 0 Å². The van der Waals surface area contributed by atoms with E-state index in [0.29, 0.717) is 23.4 Å². The summed E-state index contributed by atoms with van der Waals surface area (Å²) in [6.45, 7) is 8.61. The number of nitro groups is 1. The number of primary amides is 1. The fourth-order valence-corrected chi connectivity index (χ4v) is 5.41. The van der Waals surface area contributed by atoms with E-state index in [1.165, 1.54) is 37.7 Å². The number of pyridine rings is 1. The Labute approximate surface area is 218 Å². The topological polar surface area (TPSA) is 164 Å². The summed E-state index contributed by atoms with van der Waals surface area (Å²) in [7, 11) is 0. The van der Waals surface area contributed by atoms with Gasteiger partial charge in [-0.15, -0.1) is 11.3 Å². The highest BCUT2D eigenvalue weighted by atomic mass is 32.1. The molecule has 2 amide bonds. The zero-order chi connectivity index (χ0) is 28.0. The minimum absolute atomic E-state index is 0.0114. The molecule has 3 N–H and O–H groups in total. The molecular weight excluding hydrogens is 522 g/mol. The Morgan fingerprint density at radius 3 is 2.45 bits per heavy atom. The van der Waals surface area contributed by atoms with E-state index in [0.717, 1.165) is 11.3 Å². The standard InChI is InChI=1S/C23H24F2N8O4S/c1-6-31-10(3)14(8-27-31)13-7-15(20(24)25)28-23-16(13)17(19(38-23)21(26)34)29-22(35)12(5)32-11(4)18(33(36)37)9(2)30-32/h7-8,12,20H,6H2,1-5H3,(H2,26,34)(H,29,35). The van der Waals surface area contributed by atoms with Gasteiger partial charge in [0.05, 0.1) is 16.8 Å². The van der Waals surface area contributed by atoms with E-state index >= 15 is 0 Å². The fourth-order valence-electron chi connectivity index (χ4n) is 4.40. The van der Waals surface area contributed by atoms with E-state index in [2.05, 4.69) is 20.5 Å². The molecule has 0 saturated carbocycles. The molecule has 0 spiro atoms. The van der Waals surface area contributed by atoms with Crippen LogP contribution in [0.25, 0.3) is 21.3 Å². The number of amides is 2. The quantitative estimate of drug-likeness (QED) is 0.243. The molecule has 15 heteroatoms. The molecule has 4 aromatic heterocycles. The third-order valence-electron chi connectivity index (χ3n) is 6.29. The van der Waals surface area contributed by atoms with Gasteiger partial charge in [-0.2, -0.15) is 10.2 Å². The Morgan fingerprint density at radius 1 is 1.24 bits per heavy atom. The summed E-state index contributed by atoms with van der Waals surface area (Å²) in [5, 5.41) is 22.8.